The lowest BCUT2D eigenvalue weighted by Crippen LogP contribution is -2.39. The van der Waals surface area contributed by atoms with Gasteiger partial charge in [-0.3, -0.25) is 4.79 Å². The Kier molecular flexibility index (Phi) is 4.24. The van der Waals surface area contributed by atoms with E-state index in [-0.39, 0.29) is 6.42 Å². The van der Waals surface area contributed by atoms with Crippen LogP contribution < -0.4 is 15.1 Å². The molecule has 1 rings (SSSR count). The molecule has 0 aliphatic heterocycles. The second-order valence-electron chi connectivity index (χ2n) is 3.45. The summed E-state index contributed by atoms with van der Waals surface area (Å²) in [4.78, 5) is 32.5. The Labute approximate surface area is 93.7 Å². The maximum atomic E-state index is 11.4. The van der Waals surface area contributed by atoms with E-state index in [4.69, 9.17) is 0 Å². The Morgan fingerprint density at radius 1 is 1.38 bits per heavy atom. The summed E-state index contributed by atoms with van der Waals surface area (Å²) in [5.74, 6) is -1.85. The van der Waals surface area contributed by atoms with Crippen molar-refractivity contribution in [2.45, 2.75) is 19.1 Å². The van der Waals surface area contributed by atoms with Crippen LogP contribution in [0.2, 0.25) is 0 Å². The number of rotatable bonds is 4. The number of benzene rings is 1. The molecular formula is C10H12NO4P-2. The van der Waals surface area contributed by atoms with Crippen molar-refractivity contribution in [3.05, 3.63) is 35.9 Å². The highest BCUT2D eigenvalue weighted by atomic mass is 31.2. The molecule has 0 saturated heterocycles. The van der Waals surface area contributed by atoms with Gasteiger partial charge >= 0.3 is 0 Å². The lowest BCUT2D eigenvalue weighted by molar-refractivity contribution is -0.316. The summed E-state index contributed by atoms with van der Waals surface area (Å²) in [7, 11) is -4.75. The molecule has 0 saturated carbocycles. The molecule has 1 aromatic rings. The van der Waals surface area contributed by atoms with Crippen molar-refractivity contribution in [2.24, 2.45) is 0 Å². The first-order chi connectivity index (χ1) is 7.39. The minimum absolute atomic E-state index is 0.0607. The Hall–Kier alpha value is -1.16. The van der Waals surface area contributed by atoms with Gasteiger partial charge in [0.25, 0.3) is 0 Å². The number of nitrogens with one attached hydrogen (secondary N) is 1. The first-order valence-electron chi connectivity index (χ1n) is 4.74. The van der Waals surface area contributed by atoms with Crippen molar-refractivity contribution in [1.29, 1.82) is 0 Å². The average molecular weight is 241 g/mol. The number of carbonyl (C=O) groups is 1. The van der Waals surface area contributed by atoms with Gasteiger partial charge in [-0.15, -0.1) is 0 Å². The van der Waals surface area contributed by atoms with Crippen LogP contribution in [0.3, 0.4) is 0 Å². The van der Waals surface area contributed by atoms with Crippen LogP contribution in [-0.4, -0.2) is 11.7 Å². The van der Waals surface area contributed by atoms with Gasteiger partial charge < -0.3 is 19.7 Å². The number of amides is 1. The number of hydrogen-bond donors (Lipinski definition) is 1. The fraction of sp³-hybridized carbons (Fsp3) is 0.300. The fourth-order valence-electron chi connectivity index (χ4n) is 1.14. The van der Waals surface area contributed by atoms with E-state index in [2.05, 4.69) is 5.32 Å². The smallest absolute Gasteiger partial charge is 0.224 e. The minimum Gasteiger partial charge on any atom is -0.809 e. The quantitative estimate of drug-likeness (QED) is 0.726. The molecule has 0 aromatic heterocycles. The zero-order valence-electron chi connectivity index (χ0n) is 8.75. The molecule has 0 aliphatic rings. The summed E-state index contributed by atoms with van der Waals surface area (Å²) in [6, 6.07) is 8.86. The first-order valence-corrected chi connectivity index (χ1v) is 6.36. The van der Waals surface area contributed by atoms with E-state index in [0.29, 0.717) is 0 Å². The first kappa shape index (κ1) is 12.9. The third kappa shape index (κ3) is 4.14. The van der Waals surface area contributed by atoms with Crippen LogP contribution in [-0.2, 0) is 15.8 Å². The Balaban J connectivity index is 2.52. The van der Waals surface area contributed by atoms with Crippen LogP contribution >= 0.6 is 7.60 Å². The molecule has 0 unspecified atom stereocenters. The van der Waals surface area contributed by atoms with Crippen LogP contribution in [0.25, 0.3) is 0 Å². The Morgan fingerprint density at radius 2 is 1.94 bits per heavy atom. The maximum absolute atomic E-state index is 11.4. The van der Waals surface area contributed by atoms with E-state index >= 15 is 0 Å². The fourth-order valence-corrected chi connectivity index (χ4v) is 1.45. The molecule has 0 heterocycles. The predicted molar refractivity (Wildman–Crippen MR) is 55.4 cm³/mol. The van der Waals surface area contributed by atoms with Gasteiger partial charge in [0.05, 0.1) is 12.2 Å². The van der Waals surface area contributed by atoms with Gasteiger partial charge in [0, 0.05) is 0 Å². The summed E-state index contributed by atoms with van der Waals surface area (Å²) in [6.45, 7) is 1.16. The van der Waals surface area contributed by atoms with Crippen molar-refractivity contribution in [2.75, 3.05) is 0 Å². The maximum Gasteiger partial charge on any atom is 0.224 e. The highest BCUT2D eigenvalue weighted by Gasteiger charge is 2.10. The minimum atomic E-state index is -4.75. The predicted octanol–water partition coefficient (Wildman–Crippen LogP) is -0.395. The highest BCUT2D eigenvalue weighted by Crippen LogP contribution is 2.28. The summed E-state index contributed by atoms with van der Waals surface area (Å²) < 4.78 is 10.6. The molecule has 0 fully saturated rings. The van der Waals surface area contributed by atoms with Gasteiger partial charge in [0.2, 0.25) is 5.91 Å². The molecule has 1 amide bonds. The molecule has 88 valence electrons. The third-order valence-corrected chi connectivity index (χ3v) is 3.13. The molecule has 0 aliphatic carbocycles. The molecule has 5 nitrogen and oxygen atoms in total. The van der Waals surface area contributed by atoms with Crippen molar-refractivity contribution in [1.82, 2.24) is 5.32 Å². The summed E-state index contributed by atoms with van der Waals surface area (Å²) in [6.07, 6.45) is 0.0607. The van der Waals surface area contributed by atoms with Gasteiger partial charge in [-0.05, 0) is 20.1 Å². The normalized spacial score (nSPS) is 13.2. The zero-order chi connectivity index (χ0) is 12.2. The van der Waals surface area contributed by atoms with Crippen molar-refractivity contribution in [3.8, 4) is 0 Å². The molecule has 0 bridgehead atoms. The SMILES string of the molecule is C[C@H](NC(=O)Cc1ccccc1)P(=O)([O-])[O-]. The Morgan fingerprint density at radius 3 is 2.44 bits per heavy atom. The molecule has 0 spiro atoms. The van der Waals surface area contributed by atoms with Crippen molar-refractivity contribution >= 4 is 13.5 Å². The van der Waals surface area contributed by atoms with Gasteiger partial charge in [-0.1, -0.05) is 30.3 Å². The topological polar surface area (TPSA) is 92.3 Å². The van der Waals surface area contributed by atoms with Gasteiger partial charge in [0.15, 0.2) is 0 Å². The second-order valence-corrected chi connectivity index (χ2v) is 5.30. The van der Waals surface area contributed by atoms with Crippen LogP contribution in [0.1, 0.15) is 12.5 Å². The van der Waals surface area contributed by atoms with Crippen molar-refractivity contribution < 1.29 is 19.1 Å². The number of hydrogen-bond acceptors (Lipinski definition) is 4. The van der Waals surface area contributed by atoms with Gasteiger partial charge in [-0.2, -0.15) is 0 Å². The van der Waals surface area contributed by atoms with E-state index < -0.39 is 19.3 Å². The monoisotopic (exact) mass is 241 g/mol. The van der Waals surface area contributed by atoms with Gasteiger partial charge in [-0.25, -0.2) is 0 Å². The summed E-state index contributed by atoms with van der Waals surface area (Å²) in [5.41, 5.74) is 0.763. The van der Waals surface area contributed by atoms with E-state index in [9.17, 15) is 19.1 Å². The zero-order valence-corrected chi connectivity index (χ0v) is 9.65. The number of carbonyl (C=O) groups excluding carboxylic acids is 1. The molecule has 16 heavy (non-hydrogen) atoms. The van der Waals surface area contributed by atoms with Gasteiger partial charge in [0.1, 0.15) is 0 Å². The highest BCUT2D eigenvalue weighted by molar-refractivity contribution is 7.49. The van der Waals surface area contributed by atoms with Crippen molar-refractivity contribution in [3.63, 3.8) is 0 Å². The van der Waals surface area contributed by atoms with E-state index in [1.165, 1.54) is 0 Å². The molecule has 1 atom stereocenters. The standard InChI is InChI=1S/C10H14NO4P/c1-8(16(13,14)15)11-10(12)7-9-5-3-2-4-6-9/h2-6,8H,7H2,1H3,(H,11,12)(H2,13,14,15)/p-2/t8-/m1/s1. The van der Waals surface area contributed by atoms with Crippen LogP contribution in [0.4, 0.5) is 0 Å². The summed E-state index contributed by atoms with van der Waals surface area (Å²) in [5, 5.41) is 2.14. The molecule has 0 radical (unpaired) electrons. The van der Waals surface area contributed by atoms with Crippen LogP contribution in [0.15, 0.2) is 30.3 Å². The molecular weight excluding hydrogens is 229 g/mol. The van der Waals surface area contributed by atoms with Crippen LogP contribution in [0, 0.1) is 0 Å². The lowest BCUT2D eigenvalue weighted by atomic mass is 10.1. The Bertz CT molecular complexity index is 401. The van der Waals surface area contributed by atoms with E-state index in [1.54, 1.807) is 24.3 Å². The molecule has 6 heteroatoms. The van der Waals surface area contributed by atoms with E-state index in [1.807, 2.05) is 6.07 Å². The molecule has 1 N–H and O–H groups in total. The van der Waals surface area contributed by atoms with Crippen LogP contribution in [0.5, 0.6) is 0 Å². The summed E-state index contributed by atoms with van der Waals surface area (Å²) >= 11 is 0. The largest absolute Gasteiger partial charge is 0.809 e. The average Bonchev–Trinajstić information content (AvgIpc) is 2.17. The van der Waals surface area contributed by atoms with E-state index in [0.717, 1.165) is 12.5 Å². The second kappa shape index (κ2) is 5.25. The third-order valence-electron chi connectivity index (χ3n) is 2.05. The lowest BCUT2D eigenvalue weighted by Gasteiger charge is -2.36. The molecule has 1 aromatic carbocycles.